The van der Waals surface area contributed by atoms with Gasteiger partial charge in [-0.25, -0.2) is 8.78 Å². The summed E-state index contributed by atoms with van der Waals surface area (Å²) in [6.07, 6.45) is 0. The van der Waals surface area contributed by atoms with Gasteiger partial charge in [-0.05, 0) is 12.1 Å². The van der Waals surface area contributed by atoms with Crippen LogP contribution in [0.1, 0.15) is 17.2 Å². The molecule has 1 aliphatic rings. The van der Waals surface area contributed by atoms with Crippen LogP contribution in [0.4, 0.5) is 8.78 Å². The molecule has 0 spiro atoms. The van der Waals surface area contributed by atoms with E-state index in [0.717, 1.165) is 12.1 Å². The van der Waals surface area contributed by atoms with Gasteiger partial charge in [0.1, 0.15) is 11.6 Å². The first kappa shape index (κ1) is 8.97. The summed E-state index contributed by atoms with van der Waals surface area (Å²) in [4.78, 5) is 0. The van der Waals surface area contributed by atoms with Gasteiger partial charge in [-0.3, -0.25) is 0 Å². The van der Waals surface area contributed by atoms with Crippen LogP contribution in [0.15, 0.2) is 12.1 Å². The monoisotopic (exact) mass is 201 g/mol. The van der Waals surface area contributed by atoms with Gasteiger partial charge in [0.25, 0.3) is 0 Å². The molecule has 1 aromatic rings. The number of hydrogen-bond acceptors (Lipinski definition) is 2. The van der Waals surface area contributed by atoms with Crippen molar-refractivity contribution in [1.29, 1.82) is 0 Å². The largest absolute Gasteiger partial charge is 0.323 e. The molecule has 0 aliphatic carbocycles. The summed E-state index contributed by atoms with van der Waals surface area (Å²) >= 11 is 1.54. The van der Waals surface area contributed by atoms with Crippen LogP contribution in [-0.2, 0) is 5.75 Å². The molecule has 0 radical (unpaired) electrons. The summed E-state index contributed by atoms with van der Waals surface area (Å²) in [5.74, 6) is 0.447. The van der Waals surface area contributed by atoms with Crippen LogP contribution in [0, 0.1) is 11.6 Å². The molecule has 0 aromatic heterocycles. The Morgan fingerprint density at radius 2 is 2.00 bits per heavy atom. The lowest BCUT2D eigenvalue weighted by atomic mass is 10.0. The van der Waals surface area contributed by atoms with E-state index in [1.807, 2.05) is 0 Å². The minimum absolute atomic E-state index is 0.348. The Morgan fingerprint density at radius 1 is 1.31 bits per heavy atom. The maximum Gasteiger partial charge on any atom is 0.128 e. The van der Waals surface area contributed by atoms with Crippen LogP contribution in [-0.4, -0.2) is 5.75 Å². The second kappa shape index (κ2) is 3.27. The minimum Gasteiger partial charge on any atom is -0.323 e. The van der Waals surface area contributed by atoms with Crippen LogP contribution in [0.2, 0.25) is 0 Å². The average molecular weight is 201 g/mol. The molecule has 1 unspecified atom stereocenters. The van der Waals surface area contributed by atoms with E-state index >= 15 is 0 Å². The topological polar surface area (TPSA) is 26.0 Å². The summed E-state index contributed by atoms with van der Waals surface area (Å²) in [5, 5.41) is 0. The Hall–Kier alpha value is -0.610. The molecule has 2 rings (SSSR count). The van der Waals surface area contributed by atoms with E-state index in [4.69, 9.17) is 5.73 Å². The van der Waals surface area contributed by atoms with E-state index in [1.165, 1.54) is 11.8 Å². The zero-order chi connectivity index (χ0) is 9.42. The maximum atomic E-state index is 13.2. The molecule has 1 atom stereocenters. The van der Waals surface area contributed by atoms with Gasteiger partial charge in [0.2, 0.25) is 0 Å². The number of thioether (sulfide) groups is 1. The van der Waals surface area contributed by atoms with E-state index in [1.54, 1.807) is 0 Å². The van der Waals surface area contributed by atoms with Gasteiger partial charge in [0.15, 0.2) is 0 Å². The predicted molar refractivity (Wildman–Crippen MR) is 49.4 cm³/mol. The van der Waals surface area contributed by atoms with Crippen molar-refractivity contribution >= 4 is 11.8 Å². The SMILES string of the molecule is NC1CSCc2c(F)ccc(F)c21. The molecule has 13 heavy (non-hydrogen) atoms. The first-order chi connectivity index (χ1) is 6.20. The molecule has 1 aliphatic heterocycles. The zero-order valence-corrected chi connectivity index (χ0v) is 7.70. The van der Waals surface area contributed by atoms with E-state index in [9.17, 15) is 8.78 Å². The molecule has 0 saturated heterocycles. The van der Waals surface area contributed by atoms with Crippen molar-refractivity contribution < 1.29 is 8.78 Å². The number of rotatable bonds is 0. The summed E-state index contributed by atoms with van der Waals surface area (Å²) in [6.45, 7) is 0. The van der Waals surface area contributed by atoms with Crippen molar-refractivity contribution in [2.45, 2.75) is 11.8 Å². The third-order valence-electron chi connectivity index (χ3n) is 2.16. The molecular formula is C9H9F2NS. The lowest BCUT2D eigenvalue weighted by Crippen LogP contribution is -2.21. The molecule has 0 saturated carbocycles. The smallest absolute Gasteiger partial charge is 0.128 e. The number of fused-ring (bicyclic) bond motifs is 1. The van der Waals surface area contributed by atoms with Gasteiger partial charge in [-0.1, -0.05) is 0 Å². The van der Waals surface area contributed by atoms with Gasteiger partial charge in [-0.2, -0.15) is 11.8 Å². The molecule has 2 N–H and O–H groups in total. The Kier molecular flexibility index (Phi) is 2.26. The Balaban J connectivity index is 2.60. The van der Waals surface area contributed by atoms with Gasteiger partial charge >= 0.3 is 0 Å². The second-order valence-electron chi connectivity index (χ2n) is 3.04. The lowest BCUT2D eigenvalue weighted by Gasteiger charge is -2.22. The fourth-order valence-corrected chi connectivity index (χ4v) is 2.56. The van der Waals surface area contributed by atoms with Crippen LogP contribution in [0.3, 0.4) is 0 Å². The normalized spacial score (nSPS) is 21.3. The van der Waals surface area contributed by atoms with E-state index < -0.39 is 0 Å². The number of halogens is 2. The first-order valence-electron chi connectivity index (χ1n) is 4.00. The molecule has 1 aromatic carbocycles. The third-order valence-corrected chi connectivity index (χ3v) is 3.25. The van der Waals surface area contributed by atoms with Crippen LogP contribution in [0.5, 0.6) is 0 Å². The highest BCUT2D eigenvalue weighted by Crippen LogP contribution is 2.33. The van der Waals surface area contributed by atoms with Crippen LogP contribution in [0.25, 0.3) is 0 Å². The first-order valence-corrected chi connectivity index (χ1v) is 5.15. The fourth-order valence-electron chi connectivity index (χ4n) is 1.53. The predicted octanol–water partition coefficient (Wildman–Crippen LogP) is 2.21. The minimum atomic E-state index is -0.385. The van der Waals surface area contributed by atoms with Crippen LogP contribution >= 0.6 is 11.8 Å². The molecule has 0 amide bonds. The second-order valence-corrected chi connectivity index (χ2v) is 4.07. The highest BCUT2D eigenvalue weighted by Gasteiger charge is 2.23. The Morgan fingerprint density at radius 3 is 2.69 bits per heavy atom. The van der Waals surface area contributed by atoms with Crippen molar-refractivity contribution in [3.63, 3.8) is 0 Å². The van der Waals surface area contributed by atoms with Crippen molar-refractivity contribution in [1.82, 2.24) is 0 Å². The van der Waals surface area contributed by atoms with E-state index in [2.05, 4.69) is 0 Å². The number of benzene rings is 1. The Labute approximate surface area is 79.3 Å². The van der Waals surface area contributed by atoms with Crippen molar-refractivity contribution in [2.24, 2.45) is 5.73 Å². The van der Waals surface area contributed by atoms with Gasteiger partial charge in [-0.15, -0.1) is 0 Å². The van der Waals surface area contributed by atoms with Gasteiger partial charge < -0.3 is 5.73 Å². The van der Waals surface area contributed by atoms with Gasteiger partial charge in [0.05, 0.1) is 0 Å². The maximum absolute atomic E-state index is 13.2. The van der Waals surface area contributed by atoms with Crippen molar-refractivity contribution in [2.75, 3.05) is 5.75 Å². The highest BCUT2D eigenvalue weighted by molar-refractivity contribution is 7.98. The Bertz CT molecular complexity index is 341. The molecule has 4 heteroatoms. The van der Waals surface area contributed by atoms with E-state index in [-0.39, 0.29) is 17.7 Å². The molecular weight excluding hydrogens is 192 g/mol. The van der Waals surface area contributed by atoms with Crippen LogP contribution < -0.4 is 5.73 Å². The average Bonchev–Trinajstić information content (AvgIpc) is 2.12. The van der Waals surface area contributed by atoms with E-state index in [0.29, 0.717) is 22.6 Å². The molecule has 1 heterocycles. The molecule has 0 bridgehead atoms. The molecule has 0 fully saturated rings. The number of nitrogens with two attached hydrogens (primary N) is 1. The zero-order valence-electron chi connectivity index (χ0n) is 6.89. The quantitative estimate of drug-likeness (QED) is 0.696. The standard InChI is InChI=1S/C9H9F2NS/c10-6-1-2-7(11)9-5(6)3-13-4-8(9)12/h1-2,8H,3-4,12H2. The van der Waals surface area contributed by atoms with Crippen molar-refractivity contribution in [3.05, 3.63) is 34.9 Å². The summed E-state index contributed by atoms with van der Waals surface area (Å²) in [7, 11) is 0. The van der Waals surface area contributed by atoms with Crippen molar-refractivity contribution in [3.8, 4) is 0 Å². The van der Waals surface area contributed by atoms with Gasteiger partial charge in [0, 0.05) is 28.7 Å². The fraction of sp³-hybridized carbons (Fsp3) is 0.333. The molecule has 70 valence electrons. The highest BCUT2D eigenvalue weighted by atomic mass is 32.2. The number of hydrogen-bond donors (Lipinski definition) is 1. The third kappa shape index (κ3) is 1.44. The summed E-state index contributed by atoms with van der Waals surface area (Å²) < 4.78 is 26.4. The summed E-state index contributed by atoms with van der Waals surface area (Å²) in [5.41, 5.74) is 6.48. The summed E-state index contributed by atoms with van der Waals surface area (Å²) in [6, 6.07) is 1.93. The lowest BCUT2D eigenvalue weighted by molar-refractivity contribution is 0.561. The molecule has 1 nitrogen and oxygen atoms in total.